The van der Waals surface area contributed by atoms with Crippen LogP contribution in [0.15, 0.2) is 11.0 Å². The van der Waals surface area contributed by atoms with Gasteiger partial charge in [-0.2, -0.15) is 4.52 Å². The molecule has 0 unspecified atom stereocenters. The van der Waals surface area contributed by atoms with Crippen molar-refractivity contribution in [1.82, 2.24) is 19.9 Å². The van der Waals surface area contributed by atoms with Gasteiger partial charge in [0.2, 0.25) is 10.1 Å². The average molecular weight is 335 g/mol. The van der Waals surface area contributed by atoms with Gasteiger partial charge < -0.3 is 10.2 Å². The number of hydrogen-bond acceptors (Lipinski definition) is 6. The second kappa shape index (κ2) is 6.66. The predicted molar refractivity (Wildman–Crippen MR) is 90.4 cm³/mol. The quantitative estimate of drug-likeness (QED) is 0.916. The van der Waals surface area contributed by atoms with Crippen LogP contribution < -0.4 is 15.8 Å². The Bertz CT molecular complexity index is 769. The second-order valence-electron chi connectivity index (χ2n) is 6.01. The molecule has 1 aliphatic heterocycles. The summed E-state index contributed by atoms with van der Waals surface area (Å²) >= 11 is 1.39. The third-order valence-electron chi connectivity index (χ3n) is 3.98. The average Bonchev–Trinajstić information content (AvgIpc) is 2.98. The molecule has 1 saturated heterocycles. The maximum absolute atomic E-state index is 12.5. The van der Waals surface area contributed by atoms with Gasteiger partial charge in [-0.1, -0.05) is 25.2 Å². The highest BCUT2D eigenvalue weighted by Crippen LogP contribution is 2.26. The van der Waals surface area contributed by atoms with E-state index in [1.54, 1.807) is 0 Å². The Morgan fingerprint density at radius 3 is 3.09 bits per heavy atom. The normalized spacial score (nSPS) is 18.3. The van der Waals surface area contributed by atoms with Gasteiger partial charge in [-0.25, -0.2) is 4.98 Å². The summed E-state index contributed by atoms with van der Waals surface area (Å²) in [5, 5.41) is 7.90. The van der Waals surface area contributed by atoms with E-state index in [0.717, 1.165) is 31.1 Å². The number of nitrogens with zero attached hydrogens (tertiary/aromatic N) is 4. The monoisotopic (exact) mass is 335 g/mol. The van der Waals surface area contributed by atoms with Crippen LogP contribution in [-0.2, 0) is 0 Å². The van der Waals surface area contributed by atoms with E-state index in [1.165, 1.54) is 28.5 Å². The Kier molecular flexibility index (Phi) is 4.61. The molecule has 1 aliphatic rings. The lowest BCUT2D eigenvalue weighted by Gasteiger charge is -2.30. The summed E-state index contributed by atoms with van der Waals surface area (Å²) in [4.78, 5) is 31.5. The number of carbonyl (C=O) groups excluding carboxylic acids is 1. The molecule has 3 heterocycles. The minimum atomic E-state index is -0.406. The summed E-state index contributed by atoms with van der Waals surface area (Å²) in [6.07, 6.45) is 4.52. The minimum Gasteiger partial charge on any atom is -0.352 e. The van der Waals surface area contributed by atoms with E-state index in [4.69, 9.17) is 0 Å². The summed E-state index contributed by atoms with van der Waals surface area (Å²) in [6.45, 7) is 6.61. The van der Waals surface area contributed by atoms with Crippen molar-refractivity contribution < 1.29 is 4.79 Å². The van der Waals surface area contributed by atoms with Crippen LogP contribution in [0.4, 0.5) is 5.13 Å². The molecule has 0 radical (unpaired) electrons. The molecule has 1 atom stereocenters. The van der Waals surface area contributed by atoms with E-state index < -0.39 is 5.56 Å². The van der Waals surface area contributed by atoms with Crippen molar-refractivity contribution in [3.8, 4) is 0 Å². The van der Waals surface area contributed by atoms with Crippen LogP contribution in [0.25, 0.3) is 4.96 Å². The van der Waals surface area contributed by atoms with E-state index >= 15 is 0 Å². The molecule has 7 nitrogen and oxygen atoms in total. The molecule has 124 valence electrons. The number of rotatable bonds is 4. The second-order valence-corrected chi connectivity index (χ2v) is 6.94. The first-order valence-corrected chi connectivity index (χ1v) is 8.83. The molecule has 1 N–H and O–H groups in total. The molecule has 0 saturated carbocycles. The number of piperidine rings is 1. The topological polar surface area (TPSA) is 79.6 Å². The lowest BCUT2D eigenvalue weighted by atomic mass is 10.0. The molecular formula is C15H21N5O2S. The third-order valence-corrected chi connectivity index (χ3v) is 4.97. The fourth-order valence-electron chi connectivity index (χ4n) is 2.76. The lowest BCUT2D eigenvalue weighted by molar-refractivity contribution is 0.0951. The van der Waals surface area contributed by atoms with Gasteiger partial charge in [-0.05, 0) is 25.2 Å². The zero-order chi connectivity index (χ0) is 16.4. The Morgan fingerprint density at radius 2 is 2.35 bits per heavy atom. The Balaban J connectivity index is 1.92. The molecule has 0 bridgehead atoms. The van der Waals surface area contributed by atoms with Crippen molar-refractivity contribution in [3.05, 3.63) is 22.1 Å². The molecule has 0 aliphatic carbocycles. The van der Waals surface area contributed by atoms with Gasteiger partial charge in [0.05, 0.1) is 0 Å². The van der Waals surface area contributed by atoms with Gasteiger partial charge in [0.1, 0.15) is 5.56 Å². The van der Waals surface area contributed by atoms with Crippen molar-refractivity contribution in [1.29, 1.82) is 0 Å². The van der Waals surface area contributed by atoms with E-state index in [-0.39, 0.29) is 11.5 Å². The first-order chi connectivity index (χ1) is 11.1. The van der Waals surface area contributed by atoms with Gasteiger partial charge in [-0.15, -0.1) is 5.10 Å². The smallest absolute Gasteiger partial charge is 0.288 e. The number of amides is 1. The van der Waals surface area contributed by atoms with Gasteiger partial charge in [0, 0.05) is 25.8 Å². The van der Waals surface area contributed by atoms with Gasteiger partial charge >= 0.3 is 0 Å². The third kappa shape index (κ3) is 3.21. The van der Waals surface area contributed by atoms with E-state index in [2.05, 4.69) is 27.2 Å². The number of aromatic nitrogens is 3. The van der Waals surface area contributed by atoms with Crippen LogP contribution in [0.2, 0.25) is 0 Å². The molecule has 8 heteroatoms. The molecule has 2 aromatic rings. The van der Waals surface area contributed by atoms with Crippen molar-refractivity contribution >= 4 is 27.3 Å². The maximum Gasteiger partial charge on any atom is 0.288 e. The number of carbonyl (C=O) groups is 1. The highest BCUT2D eigenvalue weighted by atomic mass is 32.1. The van der Waals surface area contributed by atoms with Gasteiger partial charge in [0.15, 0.2) is 0 Å². The van der Waals surface area contributed by atoms with Crippen molar-refractivity contribution in [3.63, 3.8) is 0 Å². The largest absolute Gasteiger partial charge is 0.352 e. The highest BCUT2D eigenvalue weighted by molar-refractivity contribution is 7.20. The molecule has 23 heavy (non-hydrogen) atoms. The fourth-order valence-corrected chi connectivity index (χ4v) is 3.65. The van der Waals surface area contributed by atoms with Gasteiger partial charge in [-0.3, -0.25) is 9.59 Å². The molecule has 1 amide bonds. The van der Waals surface area contributed by atoms with E-state index in [9.17, 15) is 9.59 Å². The first kappa shape index (κ1) is 15.9. The molecule has 1 fully saturated rings. The number of anilines is 1. The van der Waals surface area contributed by atoms with E-state index in [1.807, 2.05) is 6.92 Å². The highest BCUT2D eigenvalue weighted by Gasteiger charge is 2.21. The number of fused-ring (bicyclic) bond motifs is 1. The predicted octanol–water partition coefficient (Wildman–Crippen LogP) is 1.53. The summed E-state index contributed by atoms with van der Waals surface area (Å²) in [5.74, 6) is 0.232. The maximum atomic E-state index is 12.5. The minimum absolute atomic E-state index is 0.0415. The van der Waals surface area contributed by atoms with Crippen LogP contribution in [0.1, 0.15) is 43.5 Å². The fraction of sp³-hybridized carbons (Fsp3) is 0.600. The summed E-state index contributed by atoms with van der Waals surface area (Å²) in [5.41, 5.74) is -0.365. The number of hydrogen-bond donors (Lipinski definition) is 1. The van der Waals surface area contributed by atoms with Gasteiger partial charge in [0.25, 0.3) is 11.5 Å². The Labute approximate surface area is 138 Å². The molecule has 0 spiro atoms. The SMILES string of the molecule is CCCNC(=O)c1cnc2sc(N3CCC[C@@H](C)C3)nn2c1=O. The zero-order valence-corrected chi connectivity index (χ0v) is 14.2. The Morgan fingerprint density at radius 1 is 1.52 bits per heavy atom. The molecule has 0 aromatic carbocycles. The molecule has 2 aromatic heterocycles. The zero-order valence-electron chi connectivity index (χ0n) is 13.4. The van der Waals surface area contributed by atoms with E-state index in [0.29, 0.717) is 17.4 Å². The first-order valence-electron chi connectivity index (χ1n) is 8.02. The number of nitrogens with one attached hydrogen (secondary N) is 1. The summed E-state index contributed by atoms with van der Waals surface area (Å²) in [6, 6.07) is 0. The summed E-state index contributed by atoms with van der Waals surface area (Å²) < 4.78 is 1.25. The Hall–Kier alpha value is -1.96. The van der Waals surface area contributed by atoms with Crippen molar-refractivity contribution in [2.45, 2.75) is 33.1 Å². The standard InChI is InChI=1S/C15H21N5O2S/c1-3-6-16-12(21)11-8-17-14-20(13(11)22)18-15(23-14)19-7-4-5-10(2)9-19/h8,10H,3-7,9H2,1-2H3,(H,16,21)/t10-/m1/s1. The van der Waals surface area contributed by atoms with Crippen LogP contribution >= 0.6 is 11.3 Å². The molecule has 3 rings (SSSR count). The molecular weight excluding hydrogens is 314 g/mol. The van der Waals surface area contributed by atoms with Crippen molar-refractivity contribution in [2.24, 2.45) is 5.92 Å². The van der Waals surface area contributed by atoms with Crippen molar-refractivity contribution in [2.75, 3.05) is 24.5 Å². The van der Waals surface area contributed by atoms with Crippen LogP contribution in [0.3, 0.4) is 0 Å². The summed E-state index contributed by atoms with van der Waals surface area (Å²) in [7, 11) is 0. The van der Waals surface area contributed by atoms with Crippen LogP contribution in [-0.4, -0.2) is 40.1 Å². The van der Waals surface area contributed by atoms with Crippen LogP contribution in [0, 0.1) is 5.92 Å². The van der Waals surface area contributed by atoms with Crippen LogP contribution in [0.5, 0.6) is 0 Å². The lowest BCUT2D eigenvalue weighted by Crippen LogP contribution is -2.34.